The van der Waals surface area contributed by atoms with Gasteiger partial charge in [0.25, 0.3) is 5.56 Å². The molecule has 2 aromatic carbocycles. The van der Waals surface area contributed by atoms with Gasteiger partial charge in [-0.3, -0.25) is 29.8 Å². The molecule has 4 fully saturated rings. The zero-order valence-electron chi connectivity index (χ0n) is 28.4. The predicted molar refractivity (Wildman–Crippen MR) is 190 cm³/mol. The van der Waals surface area contributed by atoms with Crippen LogP contribution >= 0.6 is 11.6 Å². The third kappa shape index (κ3) is 8.25. The molecule has 3 saturated carbocycles. The molecule has 3 aliphatic carbocycles. The maximum absolute atomic E-state index is 13.3. The molecule has 5 N–H and O–H groups in total. The molecule has 3 unspecified atom stereocenters. The van der Waals surface area contributed by atoms with E-state index in [1.54, 1.807) is 23.1 Å². The number of nitrogens with one attached hydrogen (secondary N) is 3. The van der Waals surface area contributed by atoms with Gasteiger partial charge in [-0.25, -0.2) is 9.98 Å². The van der Waals surface area contributed by atoms with Crippen LogP contribution in [0, 0.1) is 30.1 Å². The summed E-state index contributed by atoms with van der Waals surface area (Å²) in [7, 11) is 0. The van der Waals surface area contributed by atoms with Crippen molar-refractivity contribution in [2.24, 2.45) is 33.9 Å². The van der Waals surface area contributed by atoms with Crippen LogP contribution in [-0.4, -0.2) is 52.4 Å². The Bertz CT molecular complexity index is 1670. The van der Waals surface area contributed by atoms with E-state index < -0.39 is 0 Å². The molecule has 7 rings (SSSR count). The standard InChI is InChI=1S/C23H25ClN8O3.C10H18.C2H6/c1-14-10-16(24)3-2-15(14)6-8-32-21(35)18-5-4-17(11-19(18)29-23(32)30-27-13-33)28-22(25)31-9-7-26-20(34)12-31;1-7-4-5-8-6-9(7)10(8,2)3;1-2/h2-5,10-11,13H,6-9,12H2,1H3,(H2,25,28)(H,26,34)(H,27,33)(H,29,30);7-9H,4-6H2,1-3H3;1-2H3. The zero-order chi connectivity index (χ0) is 34.3. The molecule has 1 saturated heterocycles. The zero-order valence-corrected chi connectivity index (χ0v) is 29.2. The first-order valence-corrected chi connectivity index (χ1v) is 17.0. The van der Waals surface area contributed by atoms with E-state index in [9.17, 15) is 14.4 Å². The van der Waals surface area contributed by atoms with E-state index in [0.29, 0.717) is 59.5 Å². The minimum Gasteiger partial charge on any atom is -0.369 e. The number of fused-ring (bicyclic) bond motifs is 3. The number of nitrogens with zero attached hydrogens (tertiary/aromatic N) is 4. The molecule has 47 heavy (non-hydrogen) atoms. The smallest absolute Gasteiger partial charge is 0.262 e. The number of carbonyl (C=O) groups excluding carboxylic acids is 2. The van der Waals surface area contributed by atoms with Gasteiger partial charge in [0.2, 0.25) is 18.3 Å². The van der Waals surface area contributed by atoms with Crippen molar-refractivity contribution in [1.82, 2.24) is 25.2 Å². The number of aromatic nitrogens is 2. The van der Waals surface area contributed by atoms with E-state index in [4.69, 9.17) is 17.3 Å². The maximum atomic E-state index is 13.3. The van der Waals surface area contributed by atoms with Crippen LogP contribution in [0.2, 0.25) is 5.02 Å². The first-order chi connectivity index (χ1) is 22.5. The Hall–Kier alpha value is -4.12. The summed E-state index contributed by atoms with van der Waals surface area (Å²) in [5.74, 6) is 3.41. The van der Waals surface area contributed by atoms with Gasteiger partial charge in [-0.05, 0) is 90.8 Å². The normalized spacial score (nSPS) is 21.3. The molecule has 2 amide bonds. The van der Waals surface area contributed by atoms with Crippen LogP contribution in [0.3, 0.4) is 0 Å². The van der Waals surface area contributed by atoms with E-state index in [1.165, 1.54) is 23.8 Å². The van der Waals surface area contributed by atoms with Gasteiger partial charge in [0.05, 0.1) is 23.1 Å². The summed E-state index contributed by atoms with van der Waals surface area (Å²) in [4.78, 5) is 46.4. The molecule has 3 atom stereocenters. The van der Waals surface area contributed by atoms with E-state index in [0.717, 1.165) is 28.9 Å². The van der Waals surface area contributed by atoms with E-state index in [-0.39, 0.29) is 29.9 Å². The number of nitrogens with two attached hydrogens (primary N) is 1. The molecular weight excluding hydrogens is 616 g/mol. The van der Waals surface area contributed by atoms with E-state index >= 15 is 0 Å². The highest BCUT2D eigenvalue weighted by atomic mass is 35.5. The van der Waals surface area contributed by atoms with Gasteiger partial charge in [-0.2, -0.15) is 0 Å². The fraction of sp³-hybridized carbons (Fsp3) is 0.514. The van der Waals surface area contributed by atoms with Crippen molar-refractivity contribution in [1.29, 1.82) is 0 Å². The molecule has 3 aromatic rings. The first-order valence-electron chi connectivity index (χ1n) is 16.6. The number of anilines is 1. The molecule has 2 bridgehead atoms. The topological polar surface area (TPSA) is 147 Å². The summed E-state index contributed by atoms with van der Waals surface area (Å²) in [6.07, 6.45) is 5.56. The summed E-state index contributed by atoms with van der Waals surface area (Å²) in [5.41, 5.74) is 14.5. The average Bonchev–Trinajstić information content (AvgIpc) is 3.05. The van der Waals surface area contributed by atoms with Gasteiger partial charge in [0, 0.05) is 24.7 Å². The SMILES string of the molecule is CC.CC1CCC2CC1C2(C)C.Cc1cc(Cl)ccc1CCn1c(NNC=O)nc2cc(N=C(N)N3CCNC(=O)C3)ccc2c1=O. The van der Waals surface area contributed by atoms with Crippen LogP contribution in [-0.2, 0) is 22.6 Å². The summed E-state index contributed by atoms with van der Waals surface area (Å²) >= 11 is 6.05. The van der Waals surface area contributed by atoms with Crippen molar-refractivity contribution in [3.8, 4) is 0 Å². The summed E-state index contributed by atoms with van der Waals surface area (Å²) < 4.78 is 1.47. The van der Waals surface area contributed by atoms with Crippen molar-refractivity contribution in [2.45, 2.75) is 73.8 Å². The highest BCUT2D eigenvalue weighted by Gasteiger charge is 2.52. The number of amides is 2. The number of piperazine rings is 1. The molecule has 254 valence electrons. The number of carbonyl (C=O) groups is 2. The molecule has 0 spiro atoms. The quantitative estimate of drug-likeness (QED) is 0.118. The number of aryl methyl sites for hydroxylation is 2. The molecular formula is C35H49ClN8O3. The molecule has 4 aliphatic rings. The minimum atomic E-state index is -0.270. The Kier molecular flexibility index (Phi) is 11.9. The second-order valence-corrected chi connectivity index (χ2v) is 13.4. The molecule has 1 aliphatic heterocycles. The van der Waals surface area contributed by atoms with Crippen LogP contribution in [0.1, 0.15) is 65.0 Å². The first kappa shape index (κ1) is 35.7. The van der Waals surface area contributed by atoms with Crippen LogP contribution < -0.4 is 27.5 Å². The number of aliphatic imine (C=N–C) groups is 1. The third-order valence-electron chi connectivity index (χ3n) is 9.90. The second kappa shape index (κ2) is 15.6. The van der Waals surface area contributed by atoms with Crippen molar-refractivity contribution in [3.05, 3.63) is 62.9 Å². The molecule has 0 radical (unpaired) electrons. The molecule has 11 nitrogen and oxygen atoms in total. The molecule has 2 heterocycles. The average molecular weight is 665 g/mol. The number of guanidine groups is 1. The number of hydrogen-bond donors (Lipinski definition) is 4. The van der Waals surface area contributed by atoms with Gasteiger partial charge in [0.1, 0.15) is 0 Å². The summed E-state index contributed by atoms with van der Waals surface area (Å²) in [6.45, 7) is 14.8. The lowest BCUT2D eigenvalue weighted by molar-refractivity contribution is -0.122. The van der Waals surface area contributed by atoms with Crippen LogP contribution in [0.15, 0.2) is 46.2 Å². The molecule has 1 aromatic heterocycles. The van der Waals surface area contributed by atoms with Crippen LogP contribution in [0.5, 0.6) is 0 Å². The Morgan fingerprint density at radius 3 is 2.57 bits per heavy atom. The Labute approximate surface area is 282 Å². The fourth-order valence-corrected chi connectivity index (χ4v) is 7.29. The molecule has 12 heteroatoms. The highest BCUT2D eigenvalue weighted by molar-refractivity contribution is 6.30. The summed E-state index contributed by atoms with van der Waals surface area (Å²) in [6, 6.07) is 10.5. The van der Waals surface area contributed by atoms with Gasteiger partial charge in [0.15, 0.2) is 5.96 Å². The van der Waals surface area contributed by atoms with Gasteiger partial charge in [-0.15, -0.1) is 0 Å². The van der Waals surface area contributed by atoms with Crippen molar-refractivity contribution in [3.63, 3.8) is 0 Å². The maximum Gasteiger partial charge on any atom is 0.262 e. The van der Waals surface area contributed by atoms with Crippen LogP contribution in [0.4, 0.5) is 11.6 Å². The monoisotopic (exact) mass is 664 g/mol. The summed E-state index contributed by atoms with van der Waals surface area (Å²) in [5, 5.41) is 3.78. The van der Waals surface area contributed by atoms with E-state index in [1.807, 2.05) is 39.0 Å². The van der Waals surface area contributed by atoms with Crippen molar-refractivity contribution >= 4 is 52.4 Å². The van der Waals surface area contributed by atoms with Gasteiger partial charge < -0.3 is 16.0 Å². The van der Waals surface area contributed by atoms with Crippen LogP contribution in [0.25, 0.3) is 10.9 Å². The number of hydrazine groups is 1. The predicted octanol–water partition coefficient (Wildman–Crippen LogP) is 5.16. The van der Waals surface area contributed by atoms with Crippen molar-refractivity contribution < 1.29 is 9.59 Å². The Balaban J connectivity index is 0.000000349. The fourth-order valence-electron chi connectivity index (χ4n) is 7.06. The number of benzene rings is 2. The largest absolute Gasteiger partial charge is 0.369 e. The Morgan fingerprint density at radius 1 is 1.19 bits per heavy atom. The number of rotatable bonds is 7. The lowest BCUT2D eigenvalue weighted by Gasteiger charge is -2.59. The van der Waals surface area contributed by atoms with Gasteiger partial charge in [-0.1, -0.05) is 58.7 Å². The number of halogens is 1. The second-order valence-electron chi connectivity index (χ2n) is 13.0. The lowest BCUT2D eigenvalue weighted by atomic mass is 9.46. The minimum absolute atomic E-state index is 0.123. The third-order valence-corrected chi connectivity index (χ3v) is 10.1. The van der Waals surface area contributed by atoms with Crippen molar-refractivity contribution in [2.75, 3.05) is 25.1 Å². The van der Waals surface area contributed by atoms with E-state index in [2.05, 4.69) is 46.9 Å². The highest BCUT2D eigenvalue weighted by Crippen LogP contribution is 2.61. The Morgan fingerprint density at radius 2 is 1.96 bits per heavy atom. The van der Waals surface area contributed by atoms with Gasteiger partial charge >= 0.3 is 0 Å². The lowest BCUT2D eigenvalue weighted by Crippen LogP contribution is -2.52. The number of hydrogen-bond acceptors (Lipinski definition) is 6.